The monoisotopic (exact) mass is 466 g/mol. The van der Waals surface area contributed by atoms with Crippen molar-refractivity contribution in [2.45, 2.75) is 32.5 Å². The van der Waals surface area contributed by atoms with E-state index in [2.05, 4.69) is 25.3 Å². The smallest absolute Gasteiger partial charge is 0.396 e. The second-order valence-corrected chi connectivity index (χ2v) is 7.88. The largest absolute Gasteiger partial charge is 0.411 e. The third-order valence-electron chi connectivity index (χ3n) is 5.44. The molecule has 0 amide bonds. The lowest BCUT2D eigenvalue weighted by Crippen LogP contribution is -2.36. The van der Waals surface area contributed by atoms with Crippen molar-refractivity contribution in [2.75, 3.05) is 43.1 Å². The summed E-state index contributed by atoms with van der Waals surface area (Å²) in [4.78, 5) is 19.6. The molecule has 1 aliphatic rings. The first kappa shape index (κ1) is 23.1. The third kappa shape index (κ3) is 5.66. The standard InChI is InChI=1S/C20H25F3N8O2/c1-13-16-17(31(29-13)8-9-33-11-20(21,22)23)18(26-15-2-5-24-12-25-15)28-19(27-16)30-6-3-14(10-32)4-7-30/h2,5,12,14,32H,3-4,6-11H2,1H3,(H,24,25,26,27,28). The lowest BCUT2D eigenvalue weighted by atomic mass is 9.98. The van der Waals surface area contributed by atoms with Crippen molar-refractivity contribution >= 4 is 28.6 Å². The summed E-state index contributed by atoms with van der Waals surface area (Å²) in [5.74, 6) is 1.74. The van der Waals surface area contributed by atoms with Crippen LogP contribution in [0.5, 0.6) is 0 Å². The van der Waals surface area contributed by atoms with Crippen molar-refractivity contribution in [2.24, 2.45) is 5.92 Å². The van der Waals surface area contributed by atoms with E-state index in [1.807, 2.05) is 0 Å². The number of aromatic nitrogens is 6. The van der Waals surface area contributed by atoms with Gasteiger partial charge >= 0.3 is 6.18 Å². The van der Waals surface area contributed by atoms with Gasteiger partial charge in [-0.3, -0.25) is 4.68 Å². The molecule has 3 aromatic rings. The van der Waals surface area contributed by atoms with Crippen LogP contribution in [0.3, 0.4) is 0 Å². The second-order valence-electron chi connectivity index (χ2n) is 7.88. The molecule has 0 atom stereocenters. The first-order valence-corrected chi connectivity index (χ1v) is 10.6. The van der Waals surface area contributed by atoms with Gasteiger partial charge in [-0.2, -0.15) is 23.3 Å². The van der Waals surface area contributed by atoms with Gasteiger partial charge in [0, 0.05) is 25.9 Å². The Morgan fingerprint density at radius 2 is 2.03 bits per heavy atom. The number of aliphatic hydroxyl groups is 1. The number of nitrogens with one attached hydrogen (secondary N) is 1. The number of aliphatic hydroxyl groups excluding tert-OH is 1. The minimum atomic E-state index is -4.39. The van der Waals surface area contributed by atoms with E-state index < -0.39 is 12.8 Å². The van der Waals surface area contributed by atoms with Crippen LogP contribution in [0.1, 0.15) is 18.5 Å². The molecule has 33 heavy (non-hydrogen) atoms. The highest BCUT2D eigenvalue weighted by Crippen LogP contribution is 2.29. The molecule has 0 bridgehead atoms. The molecular weight excluding hydrogens is 441 g/mol. The van der Waals surface area contributed by atoms with E-state index in [4.69, 9.17) is 14.7 Å². The zero-order valence-corrected chi connectivity index (χ0v) is 18.1. The van der Waals surface area contributed by atoms with Crippen LogP contribution in [0.15, 0.2) is 18.6 Å². The molecule has 0 radical (unpaired) electrons. The predicted octanol–water partition coefficient (Wildman–Crippen LogP) is 2.46. The van der Waals surface area contributed by atoms with Crippen LogP contribution in [0.2, 0.25) is 0 Å². The van der Waals surface area contributed by atoms with Gasteiger partial charge in [0.25, 0.3) is 0 Å². The number of hydrogen-bond acceptors (Lipinski definition) is 9. The number of piperidine rings is 1. The molecule has 3 aromatic heterocycles. The van der Waals surface area contributed by atoms with E-state index in [-0.39, 0.29) is 25.7 Å². The number of ether oxygens (including phenoxy) is 1. The molecule has 4 rings (SSSR count). The van der Waals surface area contributed by atoms with E-state index in [0.717, 1.165) is 12.8 Å². The maximum Gasteiger partial charge on any atom is 0.411 e. The zero-order valence-electron chi connectivity index (χ0n) is 18.1. The Kier molecular flexibility index (Phi) is 6.88. The highest BCUT2D eigenvalue weighted by molar-refractivity contribution is 5.90. The first-order valence-electron chi connectivity index (χ1n) is 10.6. The van der Waals surface area contributed by atoms with Crippen LogP contribution < -0.4 is 10.2 Å². The Morgan fingerprint density at radius 3 is 2.70 bits per heavy atom. The second kappa shape index (κ2) is 9.83. The minimum Gasteiger partial charge on any atom is -0.396 e. The van der Waals surface area contributed by atoms with Crippen molar-refractivity contribution in [3.63, 3.8) is 0 Å². The predicted molar refractivity (Wildman–Crippen MR) is 114 cm³/mol. The Morgan fingerprint density at radius 1 is 1.24 bits per heavy atom. The van der Waals surface area contributed by atoms with Gasteiger partial charge in [-0.05, 0) is 31.7 Å². The van der Waals surface area contributed by atoms with Crippen LogP contribution in [-0.4, -0.2) is 73.9 Å². The van der Waals surface area contributed by atoms with Crippen LogP contribution in [-0.2, 0) is 11.3 Å². The maximum atomic E-state index is 12.4. The maximum absolute atomic E-state index is 12.4. The molecule has 1 saturated heterocycles. The van der Waals surface area contributed by atoms with Gasteiger partial charge in [0.1, 0.15) is 29.8 Å². The molecule has 4 heterocycles. The average Bonchev–Trinajstić information content (AvgIpc) is 3.12. The number of halogens is 3. The Balaban J connectivity index is 1.66. The number of hydrogen-bond donors (Lipinski definition) is 2. The highest BCUT2D eigenvalue weighted by Gasteiger charge is 2.28. The number of anilines is 3. The number of aryl methyl sites for hydroxylation is 1. The molecule has 0 spiro atoms. The van der Waals surface area contributed by atoms with Gasteiger partial charge < -0.3 is 20.1 Å². The number of fused-ring (bicyclic) bond motifs is 1. The SMILES string of the molecule is Cc1nn(CCOCC(F)(F)F)c2c(Nc3ccncn3)nc(N3CCC(CO)CC3)nc12. The topological polar surface area (TPSA) is 114 Å². The molecule has 178 valence electrons. The van der Waals surface area contributed by atoms with E-state index in [9.17, 15) is 18.3 Å². The minimum absolute atomic E-state index is 0.101. The summed E-state index contributed by atoms with van der Waals surface area (Å²) in [6.07, 6.45) is 0.267. The number of rotatable bonds is 8. The fourth-order valence-electron chi connectivity index (χ4n) is 3.75. The normalized spacial score (nSPS) is 15.4. The van der Waals surface area contributed by atoms with E-state index >= 15 is 0 Å². The van der Waals surface area contributed by atoms with E-state index in [0.29, 0.717) is 47.4 Å². The zero-order chi connectivity index (χ0) is 23.4. The molecule has 13 heteroatoms. The fourth-order valence-corrected chi connectivity index (χ4v) is 3.75. The number of alkyl halides is 3. The molecule has 10 nitrogen and oxygen atoms in total. The van der Waals surface area contributed by atoms with Gasteiger partial charge in [0.2, 0.25) is 5.95 Å². The summed E-state index contributed by atoms with van der Waals surface area (Å²) >= 11 is 0. The lowest BCUT2D eigenvalue weighted by Gasteiger charge is -2.31. The fraction of sp³-hybridized carbons (Fsp3) is 0.550. The van der Waals surface area contributed by atoms with Crippen LogP contribution in [0.25, 0.3) is 11.0 Å². The van der Waals surface area contributed by atoms with Gasteiger partial charge in [0.05, 0.1) is 18.8 Å². The summed E-state index contributed by atoms with van der Waals surface area (Å²) in [5, 5.41) is 17.0. The molecule has 1 fully saturated rings. The van der Waals surface area contributed by atoms with Gasteiger partial charge in [-0.1, -0.05) is 0 Å². The van der Waals surface area contributed by atoms with Crippen molar-refractivity contribution in [3.8, 4) is 0 Å². The molecule has 0 aliphatic carbocycles. The van der Waals surface area contributed by atoms with Crippen molar-refractivity contribution in [1.82, 2.24) is 29.7 Å². The molecule has 1 aliphatic heterocycles. The summed E-state index contributed by atoms with van der Waals surface area (Å²) < 4.78 is 43.5. The Labute approximate surface area is 187 Å². The average molecular weight is 466 g/mol. The van der Waals surface area contributed by atoms with E-state index in [1.54, 1.807) is 23.9 Å². The lowest BCUT2D eigenvalue weighted by molar-refractivity contribution is -0.174. The van der Waals surface area contributed by atoms with Crippen molar-refractivity contribution < 1.29 is 23.0 Å². The van der Waals surface area contributed by atoms with Crippen molar-refractivity contribution in [1.29, 1.82) is 0 Å². The van der Waals surface area contributed by atoms with Crippen molar-refractivity contribution in [3.05, 3.63) is 24.3 Å². The quantitative estimate of drug-likeness (QED) is 0.483. The summed E-state index contributed by atoms with van der Waals surface area (Å²) in [6, 6.07) is 1.68. The highest BCUT2D eigenvalue weighted by atomic mass is 19.4. The summed E-state index contributed by atoms with van der Waals surface area (Å²) in [6.45, 7) is 1.99. The van der Waals surface area contributed by atoms with Gasteiger partial charge in [-0.25, -0.2) is 15.0 Å². The summed E-state index contributed by atoms with van der Waals surface area (Å²) in [7, 11) is 0. The molecule has 0 aromatic carbocycles. The van der Waals surface area contributed by atoms with Gasteiger partial charge in [-0.15, -0.1) is 0 Å². The molecule has 2 N–H and O–H groups in total. The van der Waals surface area contributed by atoms with Crippen LogP contribution in [0, 0.1) is 12.8 Å². The third-order valence-corrected chi connectivity index (χ3v) is 5.44. The van der Waals surface area contributed by atoms with Gasteiger partial charge in [0.15, 0.2) is 5.82 Å². The Hall–Kier alpha value is -3.06. The molecule has 0 unspecified atom stereocenters. The number of nitrogens with zero attached hydrogens (tertiary/aromatic N) is 7. The van der Waals surface area contributed by atoms with Crippen LogP contribution >= 0.6 is 0 Å². The molecule has 0 saturated carbocycles. The molecular formula is C20H25F3N8O2. The van der Waals surface area contributed by atoms with Crippen LogP contribution in [0.4, 0.5) is 30.8 Å². The van der Waals surface area contributed by atoms with E-state index in [1.165, 1.54) is 6.33 Å². The summed E-state index contributed by atoms with van der Waals surface area (Å²) in [5.41, 5.74) is 1.77. The Bertz CT molecular complexity index is 1070. The first-order chi connectivity index (χ1) is 15.8.